The van der Waals surface area contributed by atoms with Gasteiger partial charge >= 0.3 is 0 Å². The second-order valence-electron chi connectivity index (χ2n) is 8.51. The van der Waals surface area contributed by atoms with Gasteiger partial charge in [-0.2, -0.15) is 0 Å². The Morgan fingerprint density at radius 1 is 1.15 bits per heavy atom. The van der Waals surface area contributed by atoms with Crippen LogP contribution >= 0.6 is 0 Å². The number of benzene rings is 2. The Balaban J connectivity index is 1.30. The number of nitro benzene ring substituents is 1. The van der Waals surface area contributed by atoms with Crippen LogP contribution in [0.15, 0.2) is 66.9 Å². The first-order valence-corrected chi connectivity index (χ1v) is 11.5. The molecule has 0 saturated heterocycles. The molecule has 1 amide bonds. The van der Waals surface area contributed by atoms with Crippen LogP contribution in [-0.4, -0.2) is 40.3 Å². The van der Waals surface area contributed by atoms with Crippen LogP contribution in [0.5, 0.6) is 0 Å². The number of carbonyl (C=O) groups is 1. The van der Waals surface area contributed by atoms with Crippen LogP contribution in [0.2, 0.25) is 0 Å². The van der Waals surface area contributed by atoms with Gasteiger partial charge in [-0.3, -0.25) is 24.8 Å². The van der Waals surface area contributed by atoms with Crippen LogP contribution in [0.3, 0.4) is 0 Å². The van der Waals surface area contributed by atoms with Crippen molar-refractivity contribution in [2.75, 3.05) is 25.0 Å². The Hall–Kier alpha value is -3.78. The molecule has 2 aromatic carbocycles. The van der Waals surface area contributed by atoms with Crippen molar-refractivity contribution in [2.45, 2.75) is 32.4 Å². The van der Waals surface area contributed by atoms with Crippen molar-refractivity contribution in [1.82, 2.24) is 15.2 Å². The molecule has 0 spiro atoms. The molecule has 0 bridgehead atoms. The normalized spacial score (nSPS) is 14.1. The summed E-state index contributed by atoms with van der Waals surface area (Å²) < 4.78 is 0. The van der Waals surface area contributed by atoms with Gasteiger partial charge in [-0.15, -0.1) is 0 Å². The predicted octanol–water partition coefficient (Wildman–Crippen LogP) is 4.34. The summed E-state index contributed by atoms with van der Waals surface area (Å²) in [7, 11) is 0. The number of nitrogens with zero attached hydrogens (tertiary/aromatic N) is 3. The summed E-state index contributed by atoms with van der Waals surface area (Å²) in [6, 6.07) is 18.3. The lowest BCUT2D eigenvalue weighted by molar-refractivity contribution is -0.384. The van der Waals surface area contributed by atoms with Gasteiger partial charge in [-0.05, 0) is 55.2 Å². The molecule has 1 atom stereocenters. The third-order valence-electron chi connectivity index (χ3n) is 6.11. The zero-order valence-corrected chi connectivity index (χ0v) is 19.2. The molecular formula is C26H29N5O3. The van der Waals surface area contributed by atoms with Crippen molar-refractivity contribution in [1.29, 1.82) is 0 Å². The minimum absolute atomic E-state index is 0.137. The van der Waals surface area contributed by atoms with Crippen LogP contribution in [0.25, 0.3) is 0 Å². The summed E-state index contributed by atoms with van der Waals surface area (Å²) in [5.74, 6) is -0.309. The highest BCUT2D eigenvalue weighted by Gasteiger charge is 2.20. The molecular weight excluding hydrogens is 430 g/mol. The highest BCUT2D eigenvalue weighted by molar-refractivity contribution is 5.95. The number of anilines is 1. The zero-order chi connectivity index (χ0) is 23.9. The van der Waals surface area contributed by atoms with Crippen molar-refractivity contribution in [3.05, 3.63) is 99.4 Å². The number of fused-ring (bicyclic) bond motifs is 1. The third kappa shape index (κ3) is 5.77. The van der Waals surface area contributed by atoms with Gasteiger partial charge in [0.1, 0.15) is 5.69 Å². The van der Waals surface area contributed by atoms with E-state index >= 15 is 0 Å². The number of amides is 1. The molecule has 1 aliphatic rings. The molecule has 4 rings (SSSR count). The first-order chi connectivity index (χ1) is 16.5. The summed E-state index contributed by atoms with van der Waals surface area (Å²) >= 11 is 0. The first kappa shape index (κ1) is 23.4. The molecule has 1 unspecified atom stereocenters. The van der Waals surface area contributed by atoms with Crippen molar-refractivity contribution in [3.8, 4) is 0 Å². The van der Waals surface area contributed by atoms with E-state index in [1.54, 1.807) is 18.3 Å². The van der Waals surface area contributed by atoms with Crippen molar-refractivity contribution in [2.24, 2.45) is 0 Å². The van der Waals surface area contributed by atoms with E-state index in [1.807, 2.05) is 25.1 Å². The zero-order valence-electron chi connectivity index (χ0n) is 19.2. The van der Waals surface area contributed by atoms with Gasteiger partial charge in [-0.25, -0.2) is 0 Å². The monoisotopic (exact) mass is 459 g/mol. The van der Waals surface area contributed by atoms with Gasteiger partial charge < -0.3 is 10.6 Å². The molecule has 1 aliphatic heterocycles. The predicted molar refractivity (Wildman–Crippen MR) is 132 cm³/mol. The van der Waals surface area contributed by atoms with E-state index in [2.05, 4.69) is 44.8 Å². The molecule has 3 aromatic rings. The highest BCUT2D eigenvalue weighted by atomic mass is 16.6. The molecule has 2 heterocycles. The maximum absolute atomic E-state index is 12.6. The average Bonchev–Trinajstić information content (AvgIpc) is 2.87. The summed E-state index contributed by atoms with van der Waals surface area (Å²) in [6.45, 7) is 5.24. The second-order valence-corrected chi connectivity index (χ2v) is 8.51. The minimum atomic E-state index is -0.474. The lowest BCUT2D eigenvalue weighted by Crippen LogP contribution is -2.33. The fourth-order valence-electron chi connectivity index (χ4n) is 4.24. The molecule has 1 aromatic heterocycles. The highest BCUT2D eigenvalue weighted by Crippen LogP contribution is 2.29. The minimum Gasteiger partial charge on any atom is -0.371 e. The van der Waals surface area contributed by atoms with Crippen LogP contribution in [-0.2, 0) is 13.0 Å². The van der Waals surface area contributed by atoms with Gasteiger partial charge in [-0.1, -0.05) is 30.3 Å². The van der Waals surface area contributed by atoms with Crippen molar-refractivity contribution >= 4 is 17.3 Å². The van der Waals surface area contributed by atoms with Crippen molar-refractivity contribution in [3.63, 3.8) is 0 Å². The number of rotatable bonds is 9. The molecule has 0 fully saturated rings. The largest absolute Gasteiger partial charge is 0.371 e. The molecule has 176 valence electrons. The van der Waals surface area contributed by atoms with Crippen LogP contribution in [0.1, 0.15) is 46.6 Å². The Labute approximate surface area is 199 Å². The quantitative estimate of drug-likeness (QED) is 0.280. The molecule has 0 radical (unpaired) electrons. The van der Waals surface area contributed by atoms with Gasteiger partial charge in [0.15, 0.2) is 0 Å². The fraction of sp³-hybridized carbons (Fsp3) is 0.308. The lowest BCUT2D eigenvalue weighted by atomic mass is 10.00. The molecule has 8 nitrogen and oxygen atoms in total. The van der Waals surface area contributed by atoms with Crippen LogP contribution in [0.4, 0.5) is 11.4 Å². The van der Waals surface area contributed by atoms with E-state index in [0.29, 0.717) is 12.2 Å². The number of carbonyl (C=O) groups excluding carboxylic acids is 1. The van der Waals surface area contributed by atoms with Crippen LogP contribution in [0, 0.1) is 10.1 Å². The number of pyridine rings is 1. The fourth-order valence-corrected chi connectivity index (χ4v) is 4.24. The number of aromatic nitrogens is 1. The Bertz CT molecular complexity index is 1150. The topological polar surface area (TPSA) is 100 Å². The van der Waals surface area contributed by atoms with Gasteiger partial charge in [0, 0.05) is 44.0 Å². The lowest BCUT2D eigenvalue weighted by Gasteiger charge is -2.28. The third-order valence-corrected chi connectivity index (χ3v) is 6.11. The van der Waals surface area contributed by atoms with E-state index in [4.69, 9.17) is 0 Å². The van der Waals surface area contributed by atoms with Gasteiger partial charge in [0.05, 0.1) is 16.7 Å². The molecule has 2 N–H and O–H groups in total. The summed E-state index contributed by atoms with van der Waals surface area (Å²) in [6.07, 6.45) is 3.54. The van der Waals surface area contributed by atoms with E-state index in [-0.39, 0.29) is 23.2 Å². The van der Waals surface area contributed by atoms with Crippen LogP contribution < -0.4 is 10.6 Å². The summed E-state index contributed by atoms with van der Waals surface area (Å²) in [5.41, 5.74) is 4.05. The Kier molecular flexibility index (Phi) is 7.49. The maximum Gasteiger partial charge on any atom is 0.293 e. The van der Waals surface area contributed by atoms with E-state index in [1.165, 1.54) is 17.2 Å². The second kappa shape index (κ2) is 10.9. The molecule has 8 heteroatoms. The first-order valence-electron chi connectivity index (χ1n) is 11.5. The van der Waals surface area contributed by atoms with E-state index in [0.717, 1.165) is 38.2 Å². The number of nitro groups is 1. The number of hydrogen-bond donors (Lipinski definition) is 2. The maximum atomic E-state index is 12.6. The smallest absolute Gasteiger partial charge is 0.293 e. The standard InChI is InChI=1S/C26H29N5O3/c1-19(23-9-4-5-13-27-23)29-24-11-10-21(17-25(24)31(33)34)26(32)28-14-6-15-30-16-12-20-7-2-3-8-22(20)18-30/h2-5,7-11,13,17,19,29H,6,12,14-16,18H2,1H3,(H,28,32). The summed E-state index contributed by atoms with van der Waals surface area (Å²) in [4.78, 5) is 30.5. The molecule has 0 aliphatic carbocycles. The van der Waals surface area contributed by atoms with Crippen molar-refractivity contribution < 1.29 is 9.72 Å². The Morgan fingerprint density at radius 3 is 2.71 bits per heavy atom. The Morgan fingerprint density at radius 2 is 1.94 bits per heavy atom. The number of hydrogen-bond acceptors (Lipinski definition) is 6. The van der Waals surface area contributed by atoms with Gasteiger partial charge in [0.2, 0.25) is 0 Å². The SMILES string of the molecule is CC(Nc1ccc(C(=O)NCCCN2CCc3ccccc3C2)cc1[N+](=O)[O-])c1ccccn1. The summed E-state index contributed by atoms with van der Waals surface area (Å²) in [5, 5.41) is 17.7. The molecule has 34 heavy (non-hydrogen) atoms. The van der Waals surface area contributed by atoms with E-state index in [9.17, 15) is 14.9 Å². The molecule has 0 saturated carbocycles. The van der Waals surface area contributed by atoms with Gasteiger partial charge in [0.25, 0.3) is 11.6 Å². The number of nitrogens with one attached hydrogen (secondary N) is 2. The van der Waals surface area contributed by atoms with E-state index < -0.39 is 4.92 Å². The average molecular weight is 460 g/mol.